The van der Waals surface area contributed by atoms with Gasteiger partial charge in [-0.3, -0.25) is 0 Å². The first-order chi connectivity index (χ1) is 6.99. The van der Waals surface area contributed by atoms with Gasteiger partial charge < -0.3 is 4.79 Å². The van der Waals surface area contributed by atoms with E-state index >= 15 is 0 Å². The molecule has 0 fully saturated rings. The standard InChI is InChI=1S/C14H22O/c1-12(15)11-14(2,3)10-9-13-7-5-4-6-8-13/h5,7-8H,4,6,9-11H2,1-3H3. The maximum atomic E-state index is 11.1. The van der Waals surface area contributed by atoms with Crippen molar-refractivity contribution in [1.82, 2.24) is 0 Å². The average molecular weight is 206 g/mol. The zero-order valence-electron chi connectivity index (χ0n) is 10.2. The number of rotatable bonds is 5. The highest BCUT2D eigenvalue weighted by atomic mass is 16.1. The Morgan fingerprint density at radius 2 is 2.13 bits per heavy atom. The average Bonchev–Trinajstić information content (AvgIpc) is 2.15. The molecule has 0 heterocycles. The molecule has 84 valence electrons. The summed E-state index contributed by atoms with van der Waals surface area (Å²) in [5, 5.41) is 0. The molecule has 1 heteroatoms. The molecule has 0 spiro atoms. The minimum Gasteiger partial charge on any atom is -0.300 e. The van der Waals surface area contributed by atoms with Crippen LogP contribution < -0.4 is 0 Å². The summed E-state index contributed by atoms with van der Waals surface area (Å²) >= 11 is 0. The van der Waals surface area contributed by atoms with Gasteiger partial charge in [-0.25, -0.2) is 0 Å². The van der Waals surface area contributed by atoms with Crippen LogP contribution in [0.5, 0.6) is 0 Å². The molecule has 0 atom stereocenters. The van der Waals surface area contributed by atoms with Crippen molar-refractivity contribution in [1.29, 1.82) is 0 Å². The molecule has 1 rings (SSSR count). The van der Waals surface area contributed by atoms with E-state index in [1.807, 2.05) is 0 Å². The third-order valence-corrected chi connectivity index (χ3v) is 2.89. The fourth-order valence-electron chi connectivity index (χ4n) is 2.10. The van der Waals surface area contributed by atoms with Crippen LogP contribution in [-0.4, -0.2) is 5.78 Å². The summed E-state index contributed by atoms with van der Waals surface area (Å²) < 4.78 is 0. The number of carbonyl (C=O) groups excluding carboxylic acids is 1. The summed E-state index contributed by atoms with van der Waals surface area (Å²) in [6.45, 7) is 6.05. The maximum Gasteiger partial charge on any atom is 0.130 e. The van der Waals surface area contributed by atoms with Crippen LogP contribution in [0.2, 0.25) is 0 Å². The number of ketones is 1. The Hall–Kier alpha value is -0.850. The fourth-order valence-corrected chi connectivity index (χ4v) is 2.10. The second-order valence-corrected chi connectivity index (χ2v) is 5.30. The van der Waals surface area contributed by atoms with Crippen LogP contribution in [0.3, 0.4) is 0 Å². The Balaban J connectivity index is 2.38. The fraction of sp³-hybridized carbons (Fsp3) is 0.643. The van der Waals surface area contributed by atoms with Crippen molar-refractivity contribution in [2.75, 3.05) is 0 Å². The molecule has 0 aromatic rings. The largest absolute Gasteiger partial charge is 0.300 e. The molecule has 0 aliphatic heterocycles. The first kappa shape index (κ1) is 12.2. The van der Waals surface area contributed by atoms with E-state index in [2.05, 4.69) is 32.1 Å². The van der Waals surface area contributed by atoms with Gasteiger partial charge in [0.05, 0.1) is 0 Å². The van der Waals surface area contributed by atoms with Gasteiger partial charge >= 0.3 is 0 Å². The SMILES string of the molecule is CC(=O)CC(C)(C)CCC1=CCCC=C1. The molecule has 0 N–H and O–H groups in total. The molecule has 15 heavy (non-hydrogen) atoms. The van der Waals surface area contributed by atoms with Crippen LogP contribution >= 0.6 is 0 Å². The van der Waals surface area contributed by atoms with Gasteiger partial charge in [0.1, 0.15) is 5.78 Å². The van der Waals surface area contributed by atoms with E-state index in [0.29, 0.717) is 12.2 Å². The van der Waals surface area contributed by atoms with E-state index in [4.69, 9.17) is 0 Å². The minimum atomic E-state index is 0.151. The maximum absolute atomic E-state index is 11.1. The quantitative estimate of drug-likeness (QED) is 0.663. The normalized spacial score (nSPS) is 16.3. The highest BCUT2D eigenvalue weighted by Gasteiger charge is 2.19. The first-order valence-corrected chi connectivity index (χ1v) is 5.85. The summed E-state index contributed by atoms with van der Waals surface area (Å²) in [4.78, 5) is 11.1. The first-order valence-electron chi connectivity index (χ1n) is 5.85. The number of Topliss-reactive ketones (excluding diaryl/α,β-unsaturated/α-hetero) is 1. The van der Waals surface area contributed by atoms with Gasteiger partial charge in [-0.2, -0.15) is 0 Å². The van der Waals surface area contributed by atoms with Gasteiger partial charge in [0.15, 0.2) is 0 Å². The molecular formula is C14H22O. The Bertz CT molecular complexity index is 282. The molecule has 0 amide bonds. The molecule has 1 aliphatic rings. The highest BCUT2D eigenvalue weighted by molar-refractivity contribution is 5.76. The lowest BCUT2D eigenvalue weighted by Crippen LogP contribution is -2.15. The predicted octanol–water partition coefficient (Wildman–Crippen LogP) is 4.05. The molecule has 0 unspecified atom stereocenters. The Kier molecular flexibility index (Phi) is 4.31. The topological polar surface area (TPSA) is 17.1 Å². The van der Waals surface area contributed by atoms with E-state index in [1.54, 1.807) is 6.92 Å². The summed E-state index contributed by atoms with van der Waals surface area (Å²) in [6, 6.07) is 0. The highest BCUT2D eigenvalue weighted by Crippen LogP contribution is 2.29. The lowest BCUT2D eigenvalue weighted by Gasteiger charge is -2.23. The Morgan fingerprint density at radius 1 is 1.40 bits per heavy atom. The third-order valence-electron chi connectivity index (χ3n) is 2.89. The number of carbonyl (C=O) groups is 1. The Labute approximate surface area is 93.3 Å². The van der Waals surface area contributed by atoms with Crippen molar-refractivity contribution in [3.05, 3.63) is 23.8 Å². The zero-order valence-corrected chi connectivity index (χ0v) is 10.2. The molecule has 0 aromatic carbocycles. The van der Waals surface area contributed by atoms with Gasteiger partial charge in [-0.15, -0.1) is 0 Å². The van der Waals surface area contributed by atoms with Crippen LogP contribution in [-0.2, 0) is 4.79 Å². The van der Waals surface area contributed by atoms with Gasteiger partial charge in [-0.05, 0) is 38.0 Å². The molecule has 0 aromatic heterocycles. The van der Waals surface area contributed by atoms with Crippen molar-refractivity contribution in [2.24, 2.45) is 5.41 Å². The van der Waals surface area contributed by atoms with Crippen LogP contribution in [0.4, 0.5) is 0 Å². The lowest BCUT2D eigenvalue weighted by atomic mass is 9.81. The Morgan fingerprint density at radius 3 is 2.67 bits per heavy atom. The van der Waals surface area contributed by atoms with Crippen LogP contribution in [0.25, 0.3) is 0 Å². The van der Waals surface area contributed by atoms with Gasteiger partial charge in [0.2, 0.25) is 0 Å². The number of allylic oxidation sites excluding steroid dienone is 4. The van der Waals surface area contributed by atoms with E-state index in [1.165, 1.54) is 18.4 Å². The third kappa shape index (κ3) is 4.96. The molecule has 0 saturated heterocycles. The van der Waals surface area contributed by atoms with Crippen LogP contribution in [0, 0.1) is 5.41 Å². The zero-order chi connectivity index (χ0) is 11.3. The summed E-state index contributed by atoms with van der Waals surface area (Å²) in [7, 11) is 0. The summed E-state index contributed by atoms with van der Waals surface area (Å²) in [6.07, 6.45) is 12.1. The number of hydrogen-bond donors (Lipinski definition) is 0. The summed E-state index contributed by atoms with van der Waals surface area (Å²) in [5.74, 6) is 0.299. The molecule has 1 nitrogen and oxygen atoms in total. The van der Waals surface area contributed by atoms with E-state index in [0.717, 1.165) is 12.8 Å². The molecule has 0 bridgehead atoms. The van der Waals surface area contributed by atoms with Gasteiger partial charge in [0.25, 0.3) is 0 Å². The monoisotopic (exact) mass is 206 g/mol. The van der Waals surface area contributed by atoms with Crippen molar-refractivity contribution in [2.45, 2.75) is 52.9 Å². The molecule has 0 saturated carbocycles. The van der Waals surface area contributed by atoms with Crippen molar-refractivity contribution < 1.29 is 4.79 Å². The van der Waals surface area contributed by atoms with Crippen molar-refractivity contribution >= 4 is 5.78 Å². The van der Waals surface area contributed by atoms with Crippen molar-refractivity contribution in [3.8, 4) is 0 Å². The van der Waals surface area contributed by atoms with Crippen LogP contribution in [0.15, 0.2) is 23.8 Å². The van der Waals surface area contributed by atoms with Gasteiger partial charge in [-0.1, -0.05) is 37.6 Å². The predicted molar refractivity (Wildman–Crippen MR) is 64.8 cm³/mol. The van der Waals surface area contributed by atoms with Gasteiger partial charge in [0, 0.05) is 6.42 Å². The minimum absolute atomic E-state index is 0.151. The summed E-state index contributed by atoms with van der Waals surface area (Å²) in [5.41, 5.74) is 1.59. The van der Waals surface area contributed by atoms with E-state index in [9.17, 15) is 4.79 Å². The van der Waals surface area contributed by atoms with E-state index in [-0.39, 0.29) is 5.41 Å². The molecular weight excluding hydrogens is 184 g/mol. The second-order valence-electron chi connectivity index (χ2n) is 5.30. The molecule has 0 radical (unpaired) electrons. The number of hydrogen-bond acceptors (Lipinski definition) is 1. The smallest absolute Gasteiger partial charge is 0.130 e. The molecule has 1 aliphatic carbocycles. The van der Waals surface area contributed by atoms with Crippen LogP contribution in [0.1, 0.15) is 52.9 Å². The van der Waals surface area contributed by atoms with Crippen molar-refractivity contribution in [3.63, 3.8) is 0 Å². The lowest BCUT2D eigenvalue weighted by molar-refractivity contribution is -0.118. The van der Waals surface area contributed by atoms with E-state index < -0.39 is 0 Å². The second kappa shape index (κ2) is 5.29.